The molecular weight excluding hydrogens is 404 g/mol. The molecule has 0 radical (unpaired) electrons. The second-order valence-corrected chi connectivity index (χ2v) is 7.73. The van der Waals surface area contributed by atoms with Crippen molar-refractivity contribution in [3.8, 4) is 17.2 Å². The Kier molecular flexibility index (Phi) is 6.61. The smallest absolute Gasteiger partial charge is 0.246 e. The molecule has 0 saturated heterocycles. The van der Waals surface area contributed by atoms with Gasteiger partial charge in [-0.1, -0.05) is 36.4 Å². The fourth-order valence-electron chi connectivity index (χ4n) is 4.20. The Bertz CT molecular complexity index is 1080. The van der Waals surface area contributed by atoms with Gasteiger partial charge >= 0.3 is 0 Å². The summed E-state index contributed by atoms with van der Waals surface area (Å²) in [6.07, 6.45) is 0.825. The lowest BCUT2D eigenvalue weighted by Gasteiger charge is -2.35. The zero-order valence-corrected chi connectivity index (χ0v) is 18.6. The van der Waals surface area contributed by atoms with E-state index in [0.29, 0.717) is 23.7 Å². The number of carbonyl (C=O) groups is 1. The Morgan fingerprint density at radius 2 is 1.59 bits per heavy atom. The Morgan fingerprint density at radius 3 is 2.28 bits per heavy atom. The van der Waals surface area contributed by atoms with Crippen molar-refractivity contribution in [2.24, 2.45) is 0 Å². The first-order valence-corrected chi connectivity index (χ1v) is 10.6. The van der Waals surface area contributed by atoms with Crippen molar-refractivity contribution >= 4 is 11.6 Å². The van der Waals surface area contributed by atoms with Crippen molar-refractivity contribution in [1.82, 2.24) is 4.90 Å². The van der Waals surface area contributed by atoms with Crippen LogP contribution in [-0.4, -0.2) is 38.7 Å². The number of rotatable bonds is 7. The average molecular weight is 433 g/mol. The number of hydrogen-bond donors (Lipinski definition) is 1. The lowest BCUT2D eigenvalue weighted by atomic mass is 9.95. The molecule has 1 heterocycles. The fraction of sp³-hybridized carbons (Fsp3) is 0.269. The van der Waals surface area contributed by atoms with Gasteiger partial charge in [-0.25, -0.2) is 0 Å². The second-order valence-electron chi connectivity index (χ2n) is 7.73. The number of hydrogen-bond acceptors (Lipinski definition) is 5. The van der Waals surface area contributed by atoms with Gasteiger partial charge in [0.25, 0.3) is 0 Å². The Morgan fingerprint density at radius 1 is 0.875 bits per heavy atom. The van der Waals surface area contributed by atoms with Crippen LogP contribution in [-0.2, 0) is 17.8 Å². The average Bonchev–Trinajstić information content (AvgIpc) is 2.84. The first-order valence-electron chi connectivity index (χ1n) is 10.6. The van der Waals surface area contributed by atoms with E-state index in [4.69, 9.17) is 14.2 Å². The Labute approximate surface area is 188 Å². The minimum Gasteiger partial charge on any atom is -0.497 e. The van der Waals surface area contributed by atoms with Gasteiger partial charge in [-0.3, -0.25) is 9.69 Å². The third-order valence-electron chi connectivity index (χ3n) is 5.81. The van der Waals surface area contributed by atoms with Crippen LogP contribution in [0.2, 0.25) is 0 Å². The summed E-state index contributed by atoms with van der Waals surface area (Å²) in [5.41, 5.74) is 4.03. The van der Waals surface area contributed by atoms with Crippen LogP contribution < -0.4 is 19.5 Å². The van der Waals surface area contributed by atoms with Gasteiger partial charge in [0.2, 0.25) is 5.91 Å². The monoisotopic (exact) mass is 432 g/mol. The second kappa shape index (κ2) is 9.75. The van der Waals surface area contributed by atoms with Gasteiger partial charge in [0.05, 0.1) is 21.3 Å². The molecule has 0 saturated carbocycles. The highest BCUT2D eigenvalue weighted by Gasteiger charge is 2.31. The quantitative estimate of drug-likeness (QED) is 0.598. The van der Waals surface area contributed by atoms with E-state index in [-0.39, 0.29) is 5.91 Å². The van der Waals surface area contributed by atoms with E-state index in [1.165, 1.54) is 5.56 Å². The van der Waals surface area contributed by atoms with Crippen LogP contribution in [0.4, 0.5) is 5.69 Å². The van der Waals surface area contributed by atoms with E-state index < -0.39 is 6.04 Å². The van der Waals surface area contributed by atoms with Gasteiger partial charge in [0, 0.05) is 24.8 Å². The number of anilines is 1. The molecule has 1 N–H and O–H groups in total. The van der Waals surface area contributed by atoms with Gasteiger partial charge in [-0.2, -0.15) is 0 Å². The van der Waals surface area contributed by atoms with Crippen LogP contribution in [0.3, 0.4) is 0 Å². The number of fused-ring (bicyclic) bond motifs is 1. The van der Waals surface area contributed by atoms with Crippen LogP contribution in [0.25, 0.3) is 0 Å². The lowest BCUT2D eigenvalue weighted by Crippen LogP contribution is -2.40. The SMILES string of the molecule is COc1cccc(NC(=O)C(c2ccccc2)N2CCc3cc(OC)c(OC)cc3C2)c1. The Balaban J connectivity index is 1.64. The summed E-state index contributed by atoms with van der Waals surface area (Å²) in [7, 11) is 4.90. The minimum atomic E-state index is -0.427. The summed E-state index contributed by atoms with van der Waals surface area (Å²) in [5, 5.41) is 3.07. The van der Waals surface area contributed by atoms with E-state index in [1.54, 1.807) is 21.3 Å². The summed E-state index contributed by atoms with van der Waals surface area (Å²) >= 11 is 0. The van der Waals surface area contributed by atoms with Crippen molar-refractivity contribution in [2.45, 2.75) is 19.0 Å². The summed E-state index contributed by atoms with van der Waals surface area (Å²) in [6, 6.07) is 20.9. The first kappa shape index (κ1) is 21.7. The largest absolute Gasteiger partial charge is 0.497 e. The van der Waals surface area contributed by atoms with E-state index in [1.807, 2.05) is 66.7 Å². The molecule has 0 fully saturated rings. The molecule has 0 spiro atoms. The molecular formula is C26H28N2O4. The van der Waals surface area contributed by atoms with E-state index in [0.717, 1.165) is 29.8 Å². The maximum absolute atomic E-state index is 13.5. The molecule has 1 amide bonds. The molecule has 0 aliphatic carbocycles. The lowest BCUT2D eigenvalue weighted by molar-refractivity contribution is -0.122. The van der Waals surface area contributed by atoms with Gasteiger partial charge in [-0.05, 0) is 47.4 Å². The number of ether oxygens (including phenoxy) is 3. The van der Waals surface area contributed by atoms with Crippen LogP contribution in [0.5, 0.6) is 17.2 Å². The standard InChI is InChI=1S/C26H28N2O4/c1-30-22-11-7-10-21(16-22)27-26(29)25(18-8-5-4-6-9-18)28-13-12-19-14-23(31-2)24(32-3)15-20(19)17-28/h4-11,14-16,25H,12-13,17H2,1-3H3,(H,27,29). The van der Waals surface area contributed by atoms with Crippen LogP contribution in [0.1, 0.15) is 22.7 Å². The van der Waals surface area contributed by atoms with Crippen molar-refractivity contribution in [1.29, 1.82) is 0 Å². The van der Waals surface area contributed by atoms with Gasteiger partial charge < -0.3 is 19.5 Å². The van der Waals surface area contributed by atoms with Crippen molar-refractivity contribution in [3.63, 3.8) is 0 Å². The van der Waals surface area contributed by atoms with Crippen molar-refractivity contribution in [2.75, 3.05) is 33.2 Å². The molecule has 4 rings (SSSR count). The third kappa shape index (κ3) is 4.55. The Hall–Kier alpha value is -3.51. The molecule has 3 aromatic rings. The summed E-state index contributed by atoms with van der Waals surface area (Å²) in [5.74, 6) is 2.06. The van der Waals surface area contributed by atoms with Crippen molar-refractivity contribution < 1.29 is 19.0 Å². The third-order valence-corrected chi connectivity index (χ3v) is 5.81. The first-order chi connectivity index (χ1) is 15.6. The number of benzene rings is 3. The normalized spacial score (nSPS) is 14.2. The van der Waals surface area contributed by atoms with E-state index >= 15 is 0 Å². The highest BCUT2D eigenvalue weighted by molar-refractivity contribution is 5.95. The van der Waals surface area contributed by atoms with Crippen LogP contribution in [0.15, 0.2) is 66.7 Å². The fourth-order valence-corrected chi connectivity index (χ4v) is 4.20. The predicted molar refractivity (Wildman–Crippen MR) is 124 cm³/mol. The van der Waals surface area contributed by atoms with Gasteiger partial charge in [-0.15, -0.1) is 0 Å². The number of nitrogens with zero attached hydrogens (tertiary/aromatic N) is 1. The number of methoxy groups -OCH3 is 3. The zero-order chi connectivity index (χ0) is 22.5. The molecule has 0 aromatic heterocycles. The van der Waals surface area contributed by atoms with Gasteiger partial charge in [0.1, 0.15) is 11.8 Å². The molecule has 3 aromatic carbocycles. The maximum atomic E-state index is 13.5. The number of amides is 1. The molecule has 1 aliphatic rings. The summed E-state index contributed by atoms with van der Waals surface area (Å²) in [4.78, 5) is 15.7. The van der Waals surface area contributed by atoms with Gasteiger partial charge in [0.15, 0.2) is 11.5 Å². The van der Waals surface area contributed by atoms with E-state index in [2.05, 4.69) is 10.2 Å². The minimum absolute atomic E-state index is 0.0756. The maximum Gasteiger partial charge on any atom is 0.246 e. The molecule has 6 heteroatoms. The highest BCUT2D eigenvalue weighted by Crippen LogP contribution is 2.36. The van der Waals surface area contributed by atoms with E-state index in [9.17, 15) is 4.79 Å². The predicted octanol–water partition coefficient (Wildman–Crippen LogP) is 4.45. The van der Waals surface area contributed by atoms with Crippen LogP contribution in [0, 0.1) is 0 Å². The topological polar surface area (TPSA) is 60.0 Å². The molecule has 166 valence electrons. The van der Waals surface area contributed by atoms with Crippen LogP contribution >= 0.6 is 0 Å². The molecule has 32 heavy (non-hydrogen) atoms. The summed E-state index contributed by atoms with van der Waals surface area (Å²) in [6.45, 7) is 1.40. The molecule has 1 atom stereocenters. The summed E-state index contributed by atoms with van der Waals surface area (Å²) < 4.78 is 16.2. The molecule has 6 nitrogen and oxygen atoms in total. The highest BCUT2D eigenvalue weighted by atomic mass is 16.5. The molecule has 0 bridgehead atoms. The van der Waals surface area contributed by atoms with Crippen molar-refractivity contribution in [3.05, 3.63) is 83.4 Å². The zero-order valence-electron chi connectivity index (χ0n) is 18.6. The number of carbonyl (C=O) groups excluding carboxylic acids is 1. The number of nitrogens with one attached hydrogen (secondary N) is 1. The molecule has 1 aliphatic heterocycles. The molecule has 1 unspecified atom stereocenters.